The van der Waals surface area contributed by atoms with E-state index in [1.807, 2.05) is 27.7 Å². The van der Waals surface area contributed by atoms with Crippen molar-refractivity contribution in [3.05, 3.63) is 28.3 Å². The number of carbonyl (C=O) groups is 3. The van der Waals surface area contributed by atoms with Gasteiger partial charge in [0.05, 0.1) is 12.5 Å². The zero-order valence-electron chi connectivity index (χ0n) is 18.6. The maximum atomic E-state index is 12.8. The summed E-state index contributed by atoms with van der Waals surface area (Å²) in [7, 11) is 1.33. The molecule has 7 nitrogen and oxygen atoms in total. The second kappa shape index (κ2) is 8.05. The Balaban J connectivity index is 2.50. The van der Waals surface area contributed by atoms with Crippen molar-refractivity contribution in [2.45, 2.75) is 73.3 Å². The number of aromatic amines is 1. The molecule has 0 saturated carbocycles. The summed E-state index contributed by atoms with van der Waals surface area (Å²) < 4.78 is 15.7. The Morgan fingerprint density at radius 1 is 1.21 bits per heavy atom. The number of nitrogens with one attached hydrogen (secondary N) is 1. The summed E-state index contributed by atoms with van der Waals surface area (Å²) in [6.45, 7) is 12.8. The molecule has 1 aliphatic heterocycles. The van der Waals surface area contributed by atoms with Gasteiger partial charge in [-0.3, -0.25) is 9.59 Å². The molecule has 1 N–H and O–H groups in total. The lowest BCUT2D eigenvalue weighted by molar-refractivity contribution is -0.143. The van der Waals surface area contributed by atoms with Gasteiger partial charge in [-0.25, -0.2) is 4.79 Å². The Kier molecular flexibility index (Phi) is 6.30. The van der Waals surface area contributed by atoms with Crippen molar-refractivity contribution in [1.29, 1.82) is 0 Å². The molecule has 1 aromatic heterocycles. The predicted molar refractivity (Wildman–Crippen MR) is 108 cm³/mol. The largest absolute Gasteiger partial charge is 0.469 e. The summed E-state index contributed by atoms with van der Waals surface area (Å²) in [4.78, 5) is 39.7. The minimum Gasteiger partial charge on any atom is -0.469 e. The Labute approximate surface area is 171 Å². The highest BCUT2D eigenvalue weighted by atomic mass is 16.6. The standard InChI is InChI=1S/C22H31NO6/c1-12-14(9-10-16(24)27-8)18(19(25)29-21(3,4)5)23-17(12)13(2)15-11-22(6,7)20(26)28-15/h23H,9-11H2,1-8H3/b15-13-. The molecule has 7 heteroatoms. The number of hydrogen-bond acceptors (Lipinski definition) is 6. The first kappa shape index (κ1) is 22.7. The van der Waals surface area contributed by atoms with Crippen molar-refractivity contribution in [3.8, 4) is 0 Å². The van der Waals surface area contributed by atoms with E-state index in [-0.39, 0.29) is 18.4 Å². The number of rotatable bonds is 5. The molecule has 160 valence electrons. The second-order valence-electron chi connectivity index (χ2n) is 9.05. The predicted octanol–water partition coefficient (Wildman–Crippen LogP) is 4.09. The van der Waals surface area contributed by atoms with Gasteiger partial charge >= 0.3 is 17.9 Å². The quantitative estimate of drug-likeness (QED) is 0.586. The van der Waals surface area contributed by atoms with Gasteiger partial charge in [0.2, 0.25) is 0 Å². The number of esters is 3. The number of ether oxygens (including phenoxy) is 3. The third-order valence-corrected chi connectivity index (χ3v) is 4.95. The lowest BCUT2D eigenvalue weighted by atomic mass is 9.90. The smallest absolute Gasteiger partial charge is 0.355 e. The number of hydrogen-bond donors (Lipinski definition) is 1. The summed E-state index contributed by atoms with van der Waals surface area (Å²) >= 11 is 0. The summed E-state index contributed by atoms with van der Waals surface area (Å²) in [5, 5.41) is 0. The molecular formula is C22H31NO6. The number of cyclic esters (lactones) is 1. The zero-order chi connectivity index (χ0) is 22.1. The van der Waals surface area contributed by atoms with Crippen molar-refractivity contribution in [3.63, 3.8) is 0 Å². The van der Waals surface area contributed by atoms with Crippen LogP contribution in [0.1, 0.15) is 81.7 Å². The molecule has 1 aliphatic rings. The van der Waals surface area contributed by atoms with Crippen LogP contribution in [0.25, 0.3) is 5.57 Å². The van der Waals surface area contributed by atoms with Crippen LogP contribution < -0.4 is 0 Å². The van der Waals surface area contributed by atoms with Crippen LogP contribution >= 0.6 is 0 Å². The maximum absolute atomic E-state index is 12.8. The molecule has 0 amide bonds. The SMILES string of the molecule is COC(=O)CCc1c(C(=O)OC(C)(C)C)[nH]c(/C(C)=C2/CC(C)(C)C(=O)O2)c1C. The van der Waals surface area contributed by atoms with E-state index in [0.717, 1.165) is 11.1 Å². The molecule has 1 saturated heterocycles. The Morgan fingerprint density at radius 2 is 1.83 bits per heavy atom. The lowest BCUT2D eigenvalue weighted by Crippen LogP contribution is -2.24. The van der Waals surface area contributed by atoms with Crippen LogP contribution in [0.2, 0.25) is 0 Å². The molecule has 0 atom stereocenters. The molecule has 2 heterocycles. The van der Waals surface area contributed by atoms with Gasteiger partial charge in [0, 0.05) is 24.1 Å². The van der Waals surface area contributed by atoms with Crippen LogP contribution in [0.3, 0.4) is 0 Å². The number of carbonyl (C=O) groups excluding carboxylic acids is 3. The Hall–Kier alpha value is -2.57. The van der Waals surface area contributed by atoms with E-state index in [0.29, 0.717) is 35.6 Å². The van der Waals surface area contributed by atoms with Crippen molar-refractivity contribution in [2.75, 3.05) is 7.11 Å². The summed E-state index contributed by atoms with van der Waals surface area (Å²) in [6.07, 6.45) is 0.953. The minimum absolute atomic E-state index is 0.141. The average molecular weight is 405 g/mol. The molecule has 1 aromatic rings. The Morgan fingerprint density at radius 3 is 2.31 bits per heavy atom. The highest BCUT2D eigenvalue weighted by molar-refractivity contribution is 5.92. The second-order valence-corrected chi connectivity index (χ2v) is 9.05. The fourth-order valence-electron chi connectivity index (χ4n) is 3.26. The number of aromatic nitrogens is 1. The molecule has 2 rings (SSSR count). The molecule has 0 radical (unpaired) electrons. The topological polar surface area (TPSA) is 94.7 Å². The van der Waals surface area contributed by atoms with E-state index in [4.69, 9.17) is 14.2 Å². The van der Waals surface area contributed by atoms with Crippen LogP contribution in [0.4, 0.5) is 0 Å². The van der Waals surface area contributed by atoms with Gasteiger partial charge in [-0.15, -0.1) is 0 Å². The maximum Gasteiger partial charge on any atom is 0.355 e. The van der Waals surface area contributed by atoms with E-state index in [1.54, 1.807) is 20.8 Å². The first-order valence-electron chi connectivity index (χ1n) is 9.71. The van der Waals surface area contributed by atoms with Gasteiger partial charge in [0.1, 0.15) is 17.1 Å². The van der Waals surface area contributed by atoms with Crippen LogP contribution in [-0.4, -0.2) is 35.6 Å². The average Bonchev–Trinajstić information content (AvgIpc) is 3.07. The van der Waals surface area contributed by atoms with Crippen LogP contribution in [0.5, 0.6) is 0 Å². The van der Waals surface area contributed by atoms with E-state index in [2.05, 4.69) is 4.98 Å². The molecular weight excluding hydrogens is 374 g/mol. The van der Waals surface area contributed by atoms with Crippen LogP contribution in [0.15, 0.2) is 5.76 Å². The molecule has 0 bridgehead atoms. The van der Waals surface area contributed by atoms with E-state index < -0.39 is 17.0 Å². The fourth-order valence-corrected chi connectivity index (χ4v) is 3.26. The van der Waals surface area contributed by atoms with E-state index >= 15 is 0 Å². The third-order valence-electron chi connectivity index (χ3n) is 4.95. The van der Waals surface area contributed by atoms with Crippen molar-refractivity contribution in [2.24, 2.45) is 5.41 Å². The monoisotopic (exact) mass is 405 g/mol. The van der Waals surface area contributed by atoms with Gasteiger partial charge in [0.25, 0.3) is 0 Å². The van der Waals surface area contributed by atoms with E-state index in [9.17, 15) is 14.4 Å². The van der Waals surface area contributed by atoms with Gasteiger partial charge in [-0.05, 0) is 66.0 Å². The molecule has 1 fully saturated rings. The van der Waals surface area contributed by atoms with Crippen LogP contribution in [-0.2, 0) is 30.2 Å². The molecule has 29 heavy (non-hydrogen) atoms. The van der Waals surface area contributed by atoms with E-state index in [1.165, 1.54) is 7.11 Å². The van der Waals surface area contributed by atoms with Gasteiger partial charge < -0.3 is 19.2 Å². The van der Waals surface area contributed by atoms with Gasteiger partial charge in [0.15, 0.2) is 0 Å². The molecule has 0 aliphatic carbocycles. The molecule has 0 unspecified atom stereocenters. The van der Waals surface area contributed by atoms with Crippen molar-refractivity contribution < 1.29 is 28.6 Å². The van der Waals surface area contributed by atoms with Gasteiger partial charge in [-0.1, -0.05) is 0 Å². The minimum atomic E-state index is -0.658. The zero-order valence-corrected chi connectivity index (χ0v) is 18.6. The van der Waals surface area contributed by atoms with Crippen LogP contribution in [0, 0.1) is 12.3 Å². The first-order valence-corrected chi connectivity index (χ1v) is 9.71. The van der Waals surface area contributed by atoms with Gasteiger partial charge in [-0.2, -0.15) is 0 Å². The fraction of sp³-hybridized carbons (Fsp3) is 0.591. The summed E-state index contributed by atoms with van der Waals surface area (Å²) in [5.74, 6) is -0.536. The third kappa shape index (κ3) is 5.08. The first-order chi connectivity index (χ1) is 13.3. The normalized spacial score (nSPS) is 17.7. The highest BCUT2D eigenvalue weighted by Crippen LogP contribution is 2.40. The molecule has 0 aromatic carbocycles. The Bertz CT molecular complexity index is 867. The van der Waals surface area contributed by atoms with Crippen molar-refractivity contribution in [1.82, 2.24) is 4.98 Å². The number of methoxy groups -OCH3 is 1. The number of H-pyrrole nitrogens is 1. The highest BCUT2D eigenvalue weighted by Gasteiger charge is 2.40. The molecule has 0 spiro atoms. The summed E-state index contributed by atoms with van der Waals surface area (Å²) in [5.41, 5.74) is 2.04. The number of allylic oxidation sites excluding steroid dienone is 2. The lowest BCUT2D eigenvalue weighted by Gasteiger charge is -2.19. The summed E-state index contributed by atoms with van der Waals surface area (Å²) in [6, 6.07) is 0. The van der Waals surface area contributed by atoms with Crippen molar-refractivity contribution >= 4 is 23.5 Å².